The molecule has 1 heterocycles. The Bertz CT molecular complexity index is 332. The number of aryl methyl sites for hydroxylation is 1. The molecule has 1 aliphatic rings. The molecule has 1 fully saturated rings. The molecule has 0 aromatic carbocycles. The Morgan fingerprint density at radius 3 is 2.72 bits per heavy atom. The zero-order chi connectivity index (χ0) is 12.6. The normalized spacial score (nSPS) is 15.2. The number of tetrazole rings is 1. The predicted molar refractivity (Wildman–Crippen MR) is 71.1 cm³/mol. The van der Waals surface area contributed by atoms with Crippen LogP contribution >= 0.6 is 0 Å². The lowest BCUT2D eigenvalue weighted by molar-refractivity contribution is 0.493. The van der Waals surface area contributed by atoms with Crippen LogP contribution in [0.4, 0.5) is 0 Å². The van der Waals surface area contributed by atoms with Crippen molar-refractivity contribution in [3.63, 3.8) is 0 Å². The molecule has 1 aliphatic carbocycles. The fourth-order valence-electron chi connectivity index (χ4n) is 2.09. The van der Waals surface area contributed by atoms with E-state index in [1.807, 2.05) is 4.68 Å². The van der Waals surface area contributed by atoms with Gasteiger partial charge in [0, 0.05) is 12.6 Å². The topological polar surface area (TPSA) is 55.6 Å². The van der Waals surface area contributed by atoms with E-state index in [2.05, 4.69) is 27.8 Å². The maximum atomic E-state index is 4.08. The first-order chi connectivity index (χ1) is 8.90. The molecule has 0 aliphatic heterocycles. The number of aromatic nitrogens is 4. The summed E-state index contributed by atoms with van der Waals surface area (Å²) < 4.78 is 1.95. The van der Waals surface area contributed by atoms with E-state index >= 15 is 0 Å². The maximum absolute atomic E-state index is 4.08. The summed E-state index contributed by atoms with van der Waals surface area (Å²) in [5.74, 6) is 0.982. The number of hydrogen-bond acceptors (Lipinski definition) is 4. The molecule has 5 heteroatoms. The van der Waals surface area contributed by atoms with Crippen molar-refractivity contribution in [2.24, 2.45) is 0 Å². The van der Waals surface area contributed by atoms with Gasteiger partial charge in [-0.3, -0.25) is 0 Å². The number of nitrogens with zero attached hydrogens (tertiary/aromatic N) is 4. The second-order valence-corrected chi connectivity index (χ2v) is 5.24. The summed E-state index contributed by atoms with van der Waals surface area (Å²) in [5, 5.41) is 15.4. The SMILES string of the molecule is CCCCCCCCn1nnnc1CNC1CC1. The van der Waals surface area contributed by atoms with Gasteiger partial charge in [0.15, 0.2) is 5.82 Å². The predicted octanol–water partition coefficient (Wildman–Crippen LogP) is 2.29. The zero-order valence-corrected chi connectivity index (χ0v) is 11.4. The molecule has 2 rings (SSSR count). The molecule has 0 saturated heterocycles. The minimum Gasteiger partial charge on any atom is -0.307 e. The standard InChI is InChI=1S/C13H25N5/c1-2-3-4-5-6-7-10-18-13(15-16-17-18)11-14-12-8-9-12/h12,14H,2-11H2,1H3. The molecule has 0 spiro atoms. The van der Waals surface area contributed by atoms with Gasteiger partial charge in [0.1, 0.15) is 0 Å². The van der Waals surface area contributed by atoms with Crippen LogP contribution < -0.4 is 5.32 Å². The molecule has 0 bridgehead atoms. The van der Waals surface area contributed by atoms with Crippen LogP contribution in [0.5, 0.6) is 0 Å². The van der Waals surface area contributed by atoms with Crippen molar-refractivity contribution in [1.82, 2.24) is 25.5 Å². The van der Waals surface area contributed by atoms with Crippen LogP contribution in [0.25, 0.3) is 0 Å². The van der Waals surface area contributed by atoms with E-state index in [1.165, 1.54) is 51.4 Å². The van der Waals surface area contributed by atoms with Crippen molar-refractivity contribution < 1.29 is 0 Å². The number of rotatable bonds is 10. The molecule has 0 radical (unpaired) electrons. The van der Waals surface area contributed by atoms with Crippen molar-refractivity contribution in [1.29, 1.82) is 0 Å². The molecule has 0 atom stereocenters. The number of nitrogens with one attached hydrogen (secondary N) is 1. The van der Waals surface area contributed by atoms with Gasteiger partial charge in [-0.05, 0) is 29.7 Å². The van der Waals surface area contributed by atoms with E-state index in [0.29, 0.717) is 6.04 Å². The number of hydrogen-bond donors (Lipinski definition) is 1. The summed E-state index contributed by atoms with van der Waals surface area (Å²) in [5.41, 5.74) is 0. The summed E-state index contributed by atoms with van der Waals surface area (Å²) in [7, 11) is 0. The van der Waals surface area contributed by atoms with Crippen molar-refractivity contribution in [3.8, 4) is 0 Å². The average Bonchev–Trinajstić information content (AvgIpc) is 3.11. The van der Waals surface area contributed by atoms with E-state index in [1.54, 1.807) is 0 Å². The van der Waals surface area contributed by atoms with Crippen molar-refractivity contribution in [3.05, 3.63) is 5.82 Å². The molecule has 1 aromatic rings. The third-order valence-electron chi connectivity index (χ3n) is 3.46. The molecule has 1 saturated carbocycles. The summed E-state index contributed by atoms with van der Waals surface area (Å²) >= 11 is 0. The van der Waals surface area contributed by atoms with E-state index in [0.717, 1.165) is 18.9 Å². The highest BCUT2D eigenvalue weighted by Crippen LogP contribution is 2.18. The molecule has 5 nitrogen and oxygen atoms in total. The molecule has 1 N–H and O–H groups in total. The van der Waals surface area contributed by atoms with Crippen LogP contribution in [-0.2, 0) is 13.1 Å². The third-order valence-corrected chi connectivity index (χ3v) is 3.46. The molecule has 102 valence electrons. The Kier molecular flexibility index (Phi) is 5.58. The summed E-state index contributed by atoms with van der Waals surface area (Å²) in [4.78, 5) is 0. The first-order valence-electron chi connectivity index (χ1n) is 7.38. The Balaban J connectivity index is 1.60. The lowest BCUT2D eigenvalue weighted by atomic mass is 10.1. The van der Waals surface area contributed by atoms with Gasteiger partial charge in [-0.25, -0.2) is 4.68 Å². The first kappa shape index (κ1) is 13.5. The minimum absolute atomic E-state index is 0.712. The van der Waals surface area contributed by atoms with Crippen LogP contribution in [0, 0.1) is 0 Å². The molecule has 0 unspecified atom stereocenters. The quantitative estimate of drug-likeness (QED) is 0.648. The van der Waals surface area contributed by atoms with Gasteiger partial charge in [-0.15, -0.1) is 5.10 Å². The summed E-state index contributed by atoms with van der Waals surface area (Å²) in [6, 6.07) is 0.712. The van der Waals surface area contributed by atoms with E-state index < -0.39 is 0 Å². The average molecular weight is 251 g/mol. The van der Waals surface area contributed by atoms with E-state index in [4.69, 9.17) is 0 Å². The Labute approximate surface area is 109 Å². The largest absolute Gasteiger partial charge is 0.307 e. The Morgan fingerprint density at radius 2 is 1.94 bits per heavy atom. The molecule has 1 aromatic heterocycles. The van der Waals surface area contributed by atoms with Crippen LogP contribution in [0.1, 0.15) is 64.1 Å². The first-order valence-corrected chi connectivity index (χ1v) is 7.38. The van der Waals surface area contributed by atoms with Crippen molar-refractivity contribution >= 4 is 0 Å². The van der Waals surface area contributed by atoms with Gasteiger partial charge in [0.05, 0.1) is 6.54 Å². The highest BCUT2D eigenvalue weighted by Gasteiger charge is 2.21. The van der Waals surface area contributed by atoms with Crippen LogP contribution in [0.15, 0.2) is 0 Å². The smallest absolute Gasteiger partial charge is 0.165 e. The van der Waals surface area contributed by atoms with Crippen LogP contribution in [0.2, 0.25) is 0 Å². The minimum atomic E-state index is 0.712. The summed E-state index contributed by atoms with van der Waals surface area (Å²) in [6.45, 7) is 4.02. The van der Waals surface area contributed by atoms with Crippen LogP contribution in [-0.4, -0.2) is 26.2 Å². The summed E-state index contributed by atoms with van der Waals surface area (Å²) in [6.07, 6.45) is 10.5. The van der Waals surface area contributed by atoms with Gasteiger partial charge >= 0.3 is 0 Å². The zero-order valence-electron chi connectivity index (χ0n) is 11.4. The second-order valence-electron chi connectivity index (χ2n) is 5.24. The fraction of sp³-hybridized carbons (Fsp3) is 0.923. The second kappa shape index (κ2) is 7.46. The van der Waals surface area contributed by atoms with Gasteiger partial charge in [0.2, 0.25) is 0 Å². The monoisotopic (exact) mass is 251 g/mol. The highest BCUT2D eigenvalue weighted by atomic mass is 15.5. The number of unbranched alkanes of at least 4 members (excludes halogenated alkanes) is 5. The molecular formula is C13H25N5. The highest BCUT2D eigenvalue weighted by molar-refractivity contribution is 4.86. The molecular weight excluding hydrogens is 226 g/mol. The van der Waals surface area contributed by atoms with Crippen molar-refractivity contribution in [2.75, 3.05) is 0 Å². The van der Waals surface area contributed by atoms with Crippen molar-refractivity contribution in [2.45, 2.75) is 77.4 Å². The third kappa shape index (κ3) is 4.72. The Morgan fingerprint density at radius 1 is 1.17 bits per heavy atom. The molecule has 0 amide bonds. The van der Waals surface area contributed by atoms with E-state index in [9.17, 15) is 0 Å². The molecule has 18 heavy (non-hydrogen) atoms. The van der Waals surface area contributed by atoms with Gasteiger partial charge in [0.25, 0.3) is 0 Å². The van der Waals surface area contributed by atoms with Crippen LogP contribution in [0.3, 0.4) is 0 Å². The Hall–Kier alpha value is -0.970. The lowest BCUT2D eigenvalue weighted by Gasteiger charge is -2.05. The fourth-order valence-corrected chi connectivity index (χ4v) is 2.09. The van der Waals surface area contributed by atoms with Gasteiger partial charge in [-0.1, -0.05) is 39.0 Å². The van der Waals surface area contributed by atoms with Gasteiger partial charge < -0.3 is 5.32 Å². The lowest BCUT2D eigenvalue weighted by Crippen LogP contribution is -2.19. The van der Waals surface area contributed by atoms with Gasteiger partial charge in [-0.2, -0.15) is 0 Å². The maximum Gasteiger partial charge on any atom is 0.165 e. The van der Waals surface area contributed by atoms with E-state index in [-0.39, 0.29) is 0 Å².